The fourth-order valence-electron chi connectivity index (χ4n) is 13.7. The highest BCUT2D eigenvalue weighted by Crippen LogP contribution is 2.48. The standard InChI is InChI=1S/C77H48N4S/c1-3-79-77-68-43-50(32-37-60(68)59-36-31-49(42-67(59)76(77)78-2)47-17-14-16-46(40-47)48-30-35-58-56-20-5-4-18-54(56)55-19-6-7-21-57(55)64(58)41-48)53-25-15-28-72-75(53)63-24-9-12-27-70(63)81(72)51-33-38-71-65(44-51)61-22-8-11-26-69(61)80(71)52-34-39-74-66(45-52)62-23-10-13-29-73(62)82-74/h3-45H,2H2,1H3/b79-3-. The van der Waals surface area contributed by atoms with Crippen LogP contribution in [0.4, 0.5) is 11.4 Å². The lowest BCUT2D eigenvalue weighted by molar-refractivity contribution is 1.17. The van der Waals surface area contributed by atoms with Crippen LogP contribution in [0.2, 0.25) is 0 Å². The minimum atomic E-state index is 0.774. The van der Waals surface area contributed by atoms with Crippen LogP contribution in [0, 0.1) is 0 Å². The fourth-order valence-corrected chi connectivity index (χ4v) is 14.8. The van der Waals surface area contributed by atoms with Crippen molar-refractivity contribution >= 4 is 153 Å². The molecule has 0 saturated carbocycles. The lowest BCUT2D eigenvalue weighted by atomic mass is 9.90. The molecule has 0 N–H and O–H groups in total. The van der Waals surface area contributed by atoms with E-state index in [1.54, 1.807) is 0 Å². The molecule has 0 bridgehead atoms. The number of aliphatic imine (C=N–C) groups is 2. The van der Waals surface area contributed by atoms with E-state index in [2.05, 4.69) is 271 Å². The van der Waals surface area contributed by atoms with Crippen molar-refractivity contribution in [2.24, 2.45) is 9.98 Å². The molecule has 0 unspecified atom stereocenters. The van der Waals surface area contributed by atoms with E-state index in [1.165, 1.54) is 96.2 Å². The minimum absolute atomic E-state index is 0.774. The number of hydrogen-bond donors (Lipinski definition) is 0. The Kier molecular flexibility index (Phi) is 10.2. The summed E-state index contributed by atoms with van der Waals surface area (Å²) in [5.41, 5.74) is 15.4. The van der Waals surface area contributed by atoms with Crippen molar-refractivity contribution in [1.82, 2.24) is 9.13 Å². The third-order valence-corrected chi connectivity index (χ3v) is 18.4. The van der Waals surface area contributed by atoms with Gasteiger partial charge in [-0.2, -0.15) is 0 Å². The predicted octanol–water partition coefficient (Wildman–Crippen LogP) is 22.1. The van der Waals surface area contributed by atoms with Crippen molar-refractivity contribution in [3.8, 4) is 44.8 Å². The summed E-state index contributed by atoms with van der Waals surface area (Å²) in [6.07, 6.45) is 1.87. The highest BCUT2D eigenvalue weighted by atomic mass is 32.1. The molecule has 0 radical (unpaired) electrons. The van der Waals surface area contributed by atoms with Crippen LogP contribution in [0.1, 0.15) is 6.92 Å². The van der Waals surface area contributed by atoms with Crippen molar-refractivity contribution in [3.63, 3.8) is 0 Å². The highest BCUT2D eigenvalue weighted by Gasteiger charge is 2.22. The molecule has 5 heteroatoms. The maximum atomic E-state index is 5.09. The Morgan fingerprint density at radius 2 is 0.780 bits per heavy atom. The Morgan fingerprint density at radius 3 is 1.48 bits per heavy atom. The summed E-state index contributed by atoms with van der Waals surface area (Å²) in [5, 5.41) is 19.4. The van der Waals surface area contributed by atoms with E-state index in [-0.39, 0.29) is 0 Å². The fraction of sp³-hybridized carbons (Fsp3) is 0.0130. The van der Waals surface area contributed by atoms with Crippen LogP contribution in [0.5, 0.6) is 0 Å². The zero-order chi connectivity index (χ0) is 54.2. The molecule has 14 aromatic carbocycles. The first kappa shape index (κ1) is 46.5. The number of rotatable bonds is 7. The monoisotopic (exact) mass is 1060 g/mol. The molecule has 0 atom stereocenters. The Morgan fingerprint density at radius 1 is 0.317 bits per heavy atom. The molecule has 0 aliphatic carbocycles. The molecular weight excluding hydrogens is 1010 g/mol. The van der Waals surface area contributed by atoms with E-state index in [0.717, 1.165) is 77.6 Å². The van der Waals surface area contributed by atoms with Crippen LogP contribution in [0.15, 0.2) is 265 Å². The largest absolute Gasteiger partial charge is 0.309 e. The van der Waals surface area contributed by atoms with Crippen LogP contribution in [-0.4, -0.2) is 22.1 Å². The van der Waals surface area contributed by atoms with Crippen molar-refractivity contribution in [2.75, 3.05) is 0 Å². The zero-order valence-electron chi connectivity index (χ0n) is 44.7. The molecule has 4 nitrogen and oxygen atoms in total. The van der Waals surface area contributed by atoms with Crippen molar-refractivity contribution in [1.29, 1.82) is 0 Å². The van der Waals surface area contributed by atoms with Gasteiger partial charge in [-0.3, -0.25) is 9.98 Å². The summed E-state index contributed by atoms with van der Waals surface area (Å²) in [4.78, 5) is 9.88. The lowest BCUT2D eigenvalue weighted by Crippen LogP contribution is -1.96. The van der Waals surface area contributed by atoms with Gasteiger partial charge in [-0.15, -0.1) is 11.3 Å². The summed E-state index contributed by atoms with van der Waals surface area (Å²) in [5.74, 6) is 0. The molecule has 3 aromatic heterocycles. The van der Waals surface area contributed by atoms with Gasteiger partial charge in [-0.25, -0.2) is 0 Å². The summed E-state index contributed by atoms with van der Waals surface area (Å²) >= 11 is 1.86. The third kappa shape index (κ3) is 6.84. The van der Waals surface area contributed by atoms with Crippen LogP contribution < -0.4 is 0 Å². The summed E-state index contributed by atoms with van der Waals surface area (Å²) < 4.78 is 7.50. The van der Waals surface area contributed by atoms with Crippen LogP contribution >= 0.6 is 11.3 Å². The first-order chi connectivity index (χ1) is 40.6. The summed E-state index contributed by atoms with van der Waals surface area (Å²) in [6, 6.07) is 94.1. The van der Waals surface area contributed by atoms with Gasteiger partial charge in [-0.05, 0) is 175 Å². The number of para-hydroxylation sites is 2. The van der Waals surface area contributed by atoms with Crippen molar-refractivity contribution < 1.29 is 0 Å². The van der Waals surface area contributed by atoms with Gasteiger partial charge in [0.25, 0.3) is 0 Å². The molecule has 382 valence electrons. The van der Waals surface area contributed by atoms with E-state index in [0.29, 0.717) is 0 Å². The van der Waals surface area contributed by atoms with Crippen molar-refractivity contribution in [3.05, 3.63) is 255 Å². The van der Waals surface area contributed by atoms with Gasteiger partial charge < -0.3 is 9.13 Å². The second kappa shape index (κ2) is 18.0. The SMILES string of the molecule is C=Nc1c(/N=C\C)c2cc(-c3cccc4c3c3ccccc3n4-c3ccc4c(c3)c3ccccc3n4-c3ccc4sc5ccccc5c4c3)ccc2c2ccc(-c3cccc(-c4ccc5c6ccccc6c6ccccc6c5c4)c3)cc12. The Balaban J connectivity index is 0.782. The van der Waals surface area contributed by atoms with Crippen molar-refractivity contribution in [2.45, 2.75) is 6.92 Å². The van der Waals surface area contributed by atoms with Gasteiger partial charge in [0.1, 0.15) is 0 Å². The van der Waals surface area contributed by atoms with Gasteiger partial charge in [0.2, 0.25) is 0 Å². The van der Waals surface area contributed by atoms with E-state index < -0.39 is 0 Å². The first-order valence-electron chi connectivity index (χ1n) is 28.0. The maximum absolute atomic E-state index is 5.09. The number of hydrogen-bond acceptors (Lipinski definition) is 3. The predicted molar refractivity (Wildman–Crippen MR) is 355 cm³/mol. The van der Waals surface area contributed by atoms with E-state index in [4.69, 9.17) is 9.98 Å². The van der Waals surface area contributed by atoms with Crippen LogP contribution in [-0.2, 0) is 0 Å². The number of benzene rings is 14. The molecule has 82 heavy (non-hydrogen) atoms. The zero-order valence-corrected chi connectivity index (χ0v) is 45.5. The molecule has 0 saturated heterocycles. The lowest BCUT2D eigenvalue weighted by Gasteiger charge is -2.15. The van der Waals surface area contributed by atoms with Gasteiger partial charge in [-0.1, -0.05) is 170 Å². The molecule has 0 amide bonds. The minimum Gasteiger partial charge on any atom is -0.309 e. The van der Waals surface area contributed by atoms with Gasteiger partial charge in [0.05, 0.1) is 33.4 Å². The van der Waals surface area contributed by atoms with Gasteiger partial charge in [0, 0.05) is 70.1 Å². The average Bonchev–Trinajstić information content (AvgIpc) is 3.87. The molecule has 0 fully saturated rings. The Labute approximate surface area is 476 Å². The van der Waals surface area contributed by atoms with E-state index >= 15 is 0 Å². The maximum Gasteiger partial charge on any atom is 0.0966 e. The van der Waals surface area contributed by atoms with Gasteiger partial charge in [0.15, 0.2) is 0 Å². The quantitative estimate of drug-likeness (QED) is 0.113. The Hall–Kier alpha value is -10.5. The second-order valence-corrected chi connectivity index (χ2v) is 22.7. The first-order valence-corrected chi connectivity index (χ1v) is 28.8. The second-order valence-electron chi connectivity index (χ2n) is 21.6. The van der Waals surface area contributed by atoms with Crippen LogP contribution in [0.3, 0.4) is 0 Å². The number of aromatic nitrogens is 2. The third-order valence-electron chi connectivity index (χ3n) is 17.3. The molecule has 17 aromatic rings. The smallest absolute Gasteiger partial charge is 0.0966 e. The topological polar surface area (TPSA) is 34.6 Å². The van der Waals surface area contributed by atoms with E-state index in [9.17, 15) is 0 Å². The molecule has 0 spiro atoms. The average molecular weight is 1060 g/mol. The molecule has 17 rings (SSSR count). The molecule has 0 aliphatic rings. The molecular formula is C77H48N4S. The Bertz CT molecular complexity index is 5600. The van der Waals surface area contributed by atoms with Crippen LogP contribution in [0.25, 0.3) is 162 Å². The number of thiophene rings is 1. The molecule has 3 heterocycles. The normalized spacial score (nSPS) is 12.2. The number of nitrogens with zero attached hydrogens (tertiary/aromatic N) is 4. The highest BCUT2D eigenvalue weighted by molar-refractivity contribution is 7.25. The van der Waals surface area contributed by atoms with E-state index in [1.807, 2.05) is 24.5 Å². The number of fused-ring (bicyclic) bond motifs is 18. The molecule has 0 aliphatic heterocycles. The summed E-state index contributed by atoms with van der Waals surface area (Å²) in [7, 11) is 0. The summed E-state index contributed by atoms with van der Waals surface area (Å²) in [6.45, 7) is 6.16. The van der Waals surface area contributed by atoms with Gasteiger partial charge >= 0.3 is 0 Å².